The molecule has 5 aliphatic rings. The molecule has 1 amide bonds. The minimum Gasteiger partial charge on any atom is -0.464 e. The fourth-order valence-corrected chi connectivity index (χ4v) is 14.6. The summed E-state index contributed by atoms with van der Waals surface area (Å²) in [5, 5.41) is 47.9. The van der Waals surface area contributed by atoms with Crippen molar-refractivity contribution >= 4 is 69.3 Å². The molecule has 14 atom stereocenters. The van der Waals surface area contributed by atoms with Crippen LogP contribution in [0.25, 0.3) is 0 Å². The topological polar surface area (TPSA) is 347 Å². The molecule has 4 aromatic rings. The van der Waals surface area contributed by atoms with Gasteiger partial charge in [0, 0.05) is 55.4 Å². The Kier molecular flexibility index (Phi) is 20.8. The van der Waals surface area contributed by atoms with Crippen molar-refractivity contribution in [3.63, 3.8) is 0 Å². The number of hydrogen-bond acceptors (Lipinski definition) is 25. The zero-order valence-electron chi connectivity index (χ0n) is 50.6. The Balaban J connectivity index is 0.957. The molecule has 2 saturated heterocycles. The second-order valence-corrected chi connectivity index (χ2v) is 26.2. The Bertz CT molecular complexity index is 3530. The third-order valence-corrected chi connectivity index (χ3v) is 19.9. The normalized spacial score (nSPS) is 29.0. The van der Waals surface area contributed by atoms with E-state index in [9.17, 15) is 67.6 Å². The molecule has 92 heavy (non-hydrogen) atoms. The number of fused-ring (bicyclic) bond motifs is 5. The van der Waals surface area contributed by atoms with E-state index in [2.05, 4.69) is 10.3 Å². The van der Waals surface area contributed by atoms with Crippen molar-refractivity contribution in [1.29, 1.82) is 0 Å². The highest BCUT2D eigenvalue weighted by atomic mass is 33.1. The number of aliphatic hydroxyl groups excluding tert-OH is 3. The van der Waals surface area contributed by atoms with Gasteiger partial charge in [0.05, 0.1) is 48.3 Å². The number of ketones is 1. The molecule has 3 unspecified atom stereocenters. The Morgan fingerprint density at radius 2 is 1.45 bits per heavy atom. The molecule has 3 heterocycles. The molecule has 3 aromatic carbocycles. The van der Waals surface area contributed by atoms with Crippen LogP contribution in [-0.4, -0.2) is 182 Å². The second kappa shape index (κ2) is 27.9. The van der Waals surface area contributed by atoms with Gasteiger partial charge in [0.2, 0.25) is 6.23 Å². The highest BCUT2D eigenvalue weighted by Crippen LogP contribution is 2.65. The average Bonchev–Trinajstić information content (AvgIpc) is 0.748. The highest BCUT2D eigenvalue weighted by molar-refractivity contribution is 8.76. The Labute approximate surface area is 533 Å². The predicted molar refractivity (Wildman–Crippen MR) is 318 cm³/mol. The number of hydrogen-bond donors (Lipinski definition) is 5. The number of aromatic nitrogens is 2. The number of benzene rings is 3. The van der Waals surface area contributed by atoms with E-state index >= 15 is 4.79 Å². The summed E-state index contributed by atoms with van der Waals surface area (Å²) in [6, 6.07) is 23.4. The number of alkyl halides is 2. The van der Waals surface area contributed by atoms with Crippen LogP contribution in [-0.2, 0) is 73.0 Å². The van der Waals surface area contributed by atoms with Crippen molar-refractivity contribution in [2.45, 2.75) is 139 Å². The largest absolute Gasteiger partial charge is 0.508 e. The lowest BCUT2D eigenvalue weighted by molar-refractivity contribution is -0.346. The van der Waals surface area contributed by atoms with E-state index in [1.807, 2.05) is 0 Å². The van der Waals surface area contributed by atoms with Gasteiger partial charge < -0.3 is 68.4 Å². The number of Topliss-reactive ketones (excluding diaryl/α,β-unsaturated/α-hetero) is 1. The maximum absolute atomic E-state index is 16.3. The molecule has 2 bridgehead atoms. The fraction of sp³-hybridized carbons (Fsp3) is 0.492. The fourth-order valence-electron chi connectivity index (χ4n) is 13.0. The van der Waals surface area contributed by atoms with Crippen LogP contribution < -0.4 is 11.0 Å². The summed E-state index contributed by atoms with van der Waals surface area (Å²) in [6.07, 6.45) is -18.9. The number of nitrogens with zero attached hydrogens (tertiary/aromatic N) is 2. The molecule has 4 fully saturated rings. The SMILES string of the molecule is CC(=O)O[C@H]1C(=O)[C@]2(C)[C@@H](OC(=O)OCCSSCCOC(=O)Cc3ccn(C4OC(CO)C(O)C4(F)F)c(=O)n3)C[C@H]3OC[C@@]3(OC(C)=O)[C@H]2[C@H](OC(=O)c2ccccc2)[C@]2(O)C[C@H](OC(=O)[C@H](O)[C@@H](NC(=O)c3ccccc3)c3ccccc3)C(C)=C1C2(C)C. The minimum atomic E-state index is -3.94. The zero-order valence-corrected chi connectivity index (χ0v) is 52.3. The van der Waals surface area contributed by atoms with Gasteiger partial charge >= 0.3 is 47.6 Å². The van der Waals surface area contributed by atoms with Crippen molar-refractivity contribution in [2.75, 3.05) is 37.9 Å². The number of rotatable bonds is 22. The van der Waals surface area contributed by atoms with E-state index in [1.165, 1.54) is 73.5 Å². The third-order valence-electron chi connectivity index (χ3n) is 17.6. The van der Waals surface area contributed by atoms with Gasteiger partial charge in [0.1, 0.15) is 49.3 Å². The first-order valence-electron chi connectivity index (χ1n) is 29.3. The number of ether oxygens (including phenoxy) is 9. The maximum atomic E-state index is 16.3. The zero-order chi connectivity index (χ0) is 66.7. The lowest BCUT2D eigenvalue weighted by Crippen LogP contribution is -2.82. The van der Waals surface area contributed by atoms with Crippen LogP contribution in [0, 0.1) is 16.7 Å². The maximum Gasteiger partial charge on any atom is 0.508 e. The van der Waals surface area contributed by atoms with Gasteiger partial charge in [-0.25, -0.2) is 19.2 Å². The van der Waals surface area contributed by atoms with Gasteiger partial charge in [-0.2, -0.15) is 13.8 Å². The number of aliphatic hydroxyl groups is 4. The first-order valence-corrected chi connectivity index (χ1v) is 31.7. The van der Waals surface area contributed by atoms with Gasteiger partial charge in [-0.1, -0.05) is 102 Å². The van der Waals surface area contributed by atoms with Gasteiger partial charge in [0.15, 0.2) is 29.7 Å². The number of amides is 1. The summed E-state index contributed by atoms with van der Waals surface area (Å²) in [6.45, 7) is 6.11. The van der Waals surface area contributed by atoms with Crippen LogP contribution in [0.4, 0.5) is 13.6 Å². The Morgan fingerprint density at radius 3 is 2.02 bits per heavy atom. The molecule has 5 N–H and O–H groups in total. The van der Waals surface area contributed by atoms with Gasteiger partial charge in [0.25, 0.3) is 5.91 Å². The number of carbonyl (C=O) groups is 8. The molecular weight excluding hydrogens is 1250 g/mol. The summed E-state index contributed by atoms with van der Waals surface area (Å²) >= 11 is 0. The van der Waals surface area contributed by atoms with Crippen molar-refractivity contribution in [3.05, 3.63) is 147 Å². The molecule has 3 aliphatic carbocycles. The summed E-state index contributed by atoms with van der Waals surface area (Å²) in [5.41, 5.74) is -9.56. The van der Waals surface area contributed by atoms with Crippen LogP contribution in [0.15, 0.2) is 119 Å². The Hall–Kier alpha value is -7.64. The molecule has 2 aliphatic heterocycles. The Morgan fingerprint density at radius 1 is 0.826 bits per heavy atom. The van der Waals surface area contributed by atoms with Crippen molar-refractivity contribution in [1.82, 2.24) is 14.9 Å². The van der Waals surface area contributed by atoms with E-state index < -0.39 is 174 Å². The molecular formula is C63H69F2N3O22S2. The van der Waals surface area contributed by atoms with Crippen LogP contribution in [0.3, 0.4) is 0 Å². The standard InChI is InChI=1S/C63H69F2N3O22S2/c1-33-40(86-55(78)47(73)46(36-16-10-7-11-17-36)67-53(76)37-18-12-8-13-19-37)30-62(81)52(89-54(77)38-20-14-9-15-21-38)49-60(6,51(75)48(85-34(2)70)45(33)59(62,4)5)42(29-43-61(49,32-84-43)90-35(3)71)88-58(80)83-25-27-92-91-26-24-82-44(72)28-39-22-23-68(57(79)66-39)56-63(64,65)50(74)41(31-69)87-56/h7-23,40-43,46-50,52,56,69,73-74,81H,24-32H2,1-6H3,(H,67,76)/t40-,41?,42-,43+,46-,47+,48+,49-,50?,52-,56?,60+,61-,62+/m0/s1. The van der Waals surface area contributed by atoms with Gasteiger partial charge in [-0.05, 0) is 60.9 Å². The van der Waals surface area contributed by atoms with E-state index in [4.69, 9.17) is 42.6 Å². The van der Waals surface area contributed by atoms with Crippen molar-refractivity contribution in [2.24, 2.45) is 16.7 Å². The quantitative estimate of drug-likeness (QED) is 0.0238. The minimum absolute atomic E-state index is 0.0281. The average molecular weight is 1320 g/mol. The van der Waals surface area contributed by atoms with E-state index in [1.54, 1.807) is 66.7 Å². The first kappa shape index (κ1) is 68.7. The molecule has 25 nitrogen and oxygen atoms in total. The number of carbonyl (C=O) groups excluding carboxylic acids is 8. The number of esters is 5. The smallest absolute Gasteiger partial charge is 0.464 e. The lowest BCUT2D eigenvalue weighted by Gasteiger charge is -2.67. The second-order valence-electron chi connectivity index (χ2n) is 23.5. The summed E-state index contributed by atoms with van der Waals surface area (Å²) in [5.74, 6) is -12.1. The number of nitrogens with one attached hydrogen (secondary N) is 1. The molecule has 494 valence electrons. The summed E-state index contributed by atoms with van der Waals surface area (Å²) in [4.78, 5) is 129. The molecule has 0 radical (unpaired) electrons. The van der Waals surface area contributed by atoms with E-state index in [0.29, 0.717) is 10.1 Å². The lowest BCUT2D eigenvalue weighted by atomic mass is 9.44. The van der Waals surface area contributed by atoms with Crippen molar-refractivity contribution < 1.29 is 110 Å². The highest BCUT2D eigenvalue weighted by Gasteiger charge is 2.79. The molecule has 9 rings (SSSR count). The van der Waals surface area contributed by atoms with E-state index in [0.717, 1.165) is 26.1 Å². The molecule has 1 aromatic heterocycles. The monoisotopic (exact) mass is 1320 g/mol. The molecule has 29 heteroatoms. The molecule has 0 spiro atoms. The van der Waals surface area contributed by atoms with Crippen LogP contribution in [0.1, 0.15) is 98.6 Å². The summed E-state index contributed by atoms with van der Waals surface area (Å²) in [7, 11) is 2.40. The van der Waals surface area contributed by atoms with E-state index in [-0.39, 0.29) is 59.1 Å². The van der Waals surface area contributed by atoms with Gasteiger partial charge in [-0.3, -0.25) is 28.5 Å². The van der Waals surface area contributed by atoms with Crippen molar-refractivity contribution in [3.8, 4) is 0 Å². The predicted octanol–water partition coefficient (Wildman–Crippen LogP) is 4.51. The van der Waals surface area contributed by atoms with Crippen LogP contribution in [0.5, 0.6) is 0 Å². The first-order chi connectivity index (χ1) is 43.6. The van der Waals surface area contributed by atoms with Crippen LogP contribution >= 0.6 is 21.6 Å². The number of halogens is 2. The summed E-state index contributed by atoms with van der Waals surface area (Å²) < 4.78 is 82.6. The van der Waals surface area contributed by atoms with Crippen LogP contribution in [0.2, 0.25) is 0 Å². The molecule has 2 saturated carbocycles. The third kappa shape index (κ3) is 13.4. The van der Waals surface area contributed by atoms with Gasteiger partial charge in [-0.15, -0.1) is 0 Å².